The van der Waals surface area contributed by atoms with E-state index in [1.165, 1.54) is 5.56 Å². The highest BCUT2D eigenvalue weighted by Gasteiger charge is 2.05. The number of halogens is 1. The van der Waals surface area contributed by atoms with Crippen LogP contribution in [0.3, 0.4) is 0 Å². The highest BCUT2D eigenvalue weighted by atomic mass is 79.9. The topological polar surface area (TPSA) is 3.01 Å². The smallest absolute Gasteiger partial charge is 0.198 e. The highest BCUT2D eigenvalue weighted by Crippen LogP contribution is 2.10. The molecule has 2 rings (SSSR count). The second-order valence-corrected chi connectivity index (χ2v) is 3.50. The predicted molar refractivity (Wildman–Crippen MR) is 53.5 cm³/mol. The van der Waals surface area contributed by atoms with Crippen molar-refractivity contribution in [1.82, 2.24) is 0 Å². The van der Waals surface area contributed by atoms with Crippen LogP contribution in [0.2, 0.25) is 0 Å². The monoisotopic (exact) mass is 255 g/mol. The normalized spacial score (nSPS) is 17.4. The van der Waals surface area contributed by atoms with E-state index in [1.807, 2.05) is 17.8 Å². The molecular weight excluding hydrogens is 246 g/mol. The van der Waals surface area contributed by atoms with Gasteiger partial charge < -0.3 is 17.0 Å². The molecule has 0 atom stereocenters. The molecule has 0 fully saturated rings. The third-order valence-electron chi connectivity index (χ3n) is 1.69. The minimum Gasteiger partial charge on any atom is -1.00 e. The standard InChI is InChI=1S/C10H10NS.BrH/c1-2-4-10(5-3-1)8-11-6-7-12-9-11;/h1-8H,9H2;1H/q+1;/p-1. The van der Waals surface area contributed by atoms with Crippen molar-refractivity contribution in [3.05, 3.63) is 47.5 Å². The Balaban J connectivity index is 0.000000845. The van der Waals surface area contributed by atoms with Gasteiger partial charge in [-0.2, -0.15) is 4.58 Å². The molecule has 1 aromatic carbocycles. The van der Waals surface area contributed by atoms with Crippen molar-refractivity contribution in [2.75, 3.05) is 5.88 Å². The van der Waals surface area contributed by atoms with Gasteiger partial charge in [-0.25, -0.2) is 0 Å². The van der Waals surface area contributed by atoms with E-state index in [0.717, 1.165) is 5.88 Å². The number of thioether (sulfide) groups is 1. The van der Waals surface area contributed by atoms with Crippen LogP contribution in [0.4, 0.5) is 0 Å². The zero-order chi connectivity index (χ0) is 8.23. The van der Waals surface area contributed by atoms with Crippen LogP contribution in [0.1, 0.15) is 5.56 Å². The molecule has 0 radical (unpaired) electrons. The third kappa shape index (κ3) is 3.01. The molecule has 1 aromatic rings. The maximum atomic E-state index is 2.18. The molecule has 1 nitrogen and oxygen atoms in total. The van der Waals surface area contributed by atoms with Gasteiger partial charge in [0.15, 0.2) is 18.3 Å². The van der Waals surface area contributed by atoms with Gasteiger partial charge in [-0.05, 0) is 12.1 Å². The van der Waals surface area contributed by atoms with Gasteiger partial charge >= 0.3 is 0 Å². The van der Waals surface area contributed by atoms with E-state index in [4.69, 9.17) is 0 Å². The van der Waals surface area contributed by atoms with E-state index < -0.39 is 0 Å². The molecule has 1 heterocycles. The Kier molecular flexibility index (Phi) is 4.25. The first-order valence-electron chi connectivity index (χ1n) is 3.89. The summed E-state index contributed by atoms with van der Waals surface area (Å²) in [6.07, 6.45) is 4.24. The maximum Gasteiger partial charge on any atom is 0.198 e. The number of rotatable bonds is 1. The van der Waals surface area contributed by atoms with Crippen LogP contribution in [-0.2, 0) is 0 Å². The third-order valence-corrected chi connectivity index (χ3v) is 2.45. The van der Waals surface area contributed by atoms with Crippen molar-refractivity contribution in [2.45, 2.75) is 0 Å². The molecule has 0 unspecified atom stereocenters. The van der Waals surface area contributed by atoms with Crippen molar-refractivity contribution in [2.24, 2.45) is 0 Å². The summed E-state index contributed by atoms with van der Waals surface area (Å²) < 4.78 is 2.18. The van der Waals surface area contributed by atoms with Gasteiger partial charge in [0.05, 0.1) is 0 Å². The fourth-order valence-corrected chi connectivity index (χ4v) is 1.77. The molecule has 68 valence electrons. The van der Waals surface area contributed by atoms with Gasteiger partial charge in [0.1, 0.15) is 0 Å². The lowest BCUT2D eigenvalue weighted by atomic mass is 10.2. The van der Waals surface area contributed by atoms with Crippen molar-refractivity contribution in [3.63, 3.8) is 0 Å². The minimum atomic E-state index is 0. The summed E-state index contributed by atoms with van der Waals surface area (Å²) >= 11 is 1.82. The SMILES string of the molecule is C1=C[N+](=Cc2ccccc2)CS1.[Br-]. The molecule has 0 aromatic heterocycles. The van der Waals surface area contributed by atoms with Crippen LogP contribution < -0.4 is 17.0 Å². The Labute approximate surface area is 92.9 Å². The lowest BCUT2D eigenvalue weighted by molar-refractivity contribution is -0.423. The first-order valence-corrected chi connectivity index (χ1v) is 4.94. The molecule has 0 aliphatic carbocycles. The zero-order valence-corrected chi connectivity index (χ0v) is 9.46. The molecule has 0 saturated heterocycles. The largest absolute Gasteiger partial charge is 1.00 e. The molecule has 0 amide bonds. The molecule has 0 bridgehead atoms. The fourth-order valence-electron chi connectivity index (χ4n) is 1.10. The lowest BCUT2D eigenvalue weighted by Gasteiger charge is -1.89. The van der Waals surface area contributed by atoms with Gasteiger partial charge in [0, 0.05) is 11.0 Å². The number of nitrogens with zero attached hydrogens (tertiary/aromatic N) is 1. The first-order chi connectivity index (χ1) is 5.95. The fraction of sp³-hybridized carbons (Fsp3) is 0.100. The summed E-state index contributed by atoms with van der Waals surface area (Å²) in [5.41, 5.74) is 1.25. The Morgan fingerprint density at radius 1 is 1.23 bits per heavy atom. The molecule has 3 heteroatoms. The quantitative estimate of drug-likeness (QED) is 0.600. The predicted octanol–water partition coefficient (Wildman–Crippen LogP) is -0.703. The van der Waals surface area contributed by atoms with E-state index in [2.05, 4.69) is 46.7 Å². The van der Waals surface area contributed by atoms with E-state index >= 15 is 0 Å². The van der Waals surface area contributed by atoms with E-state index in [-0.39, 0.29) is 17.0 Å². The van der Waals surface area contributed by atoms with Gasteiger partial charge in [-0.3, -0.25) is 0 Å². The van der Waals surface area contributed by atoms with Crippen LogP contribution in [0, 0.1) is 0 Å². The average Bonchev–Trinajstić information content (AvgIpc) is 2.59. The van der Waals surface area contributed by atoms with Crippen LogP contribution in [0.5, 0.6) is 0 Å². The Bertz CT molecular complexity index is 319. The van der Waals surface area contributed by atoms with E-state index in [1.54, 1.807) is 0 Å². The van der Waals surface area contributed by atoms with Crippen LogP contribution in [0.15, 0.2) is 41.9 Å². The summed E-state index contributed by atoms with van der Waals surface area (Å²) in [4.78, 5) is 0. The van der Waals surface area contributed by atoms with Crippen molar-refractivity contribution >= 4 is 18.0 Å². The van der Waals surface area contributed by atoms with Crippen molar-refractivity contribution in [3.8, 4) is 0 Å². The molecule has 0 N–H and O–H groups in total. The minimum absolute atomic E-state index is 0. The zero-order valence-electron chi connectivity index (χ0n) is 7.06. The second kappa shape index (κ2) is 5.25. The molecule has 1 aliphatic heterocycles. The Hall–Kier alpha value is -0.540. The Morgan fingerprint density at radius 3 is 2.62 bits per heavy atom. The lowest BCUT2D eigenvalue weighted by Crippen LogP contribution is -3.00. The van der Waals surface area contributed by atoms with Crippen LogP contribution >= 0.6 is 11.8 Å². The van der Waals surface area contributed by atoms with Gasteiger partial charge in [0.2, 0.25) is 0 Å². The summed E-state index contributed by atoms with van der Waals surface area (Å²) in [5, 5.41) is 2.11. The van der Waals surface area contributed by atoms with E-state index in [9.17, 15) is 0 Å². The van der Waals surface area contributed by atoms with Crippen molar-refractivity contribution in [1.29, 1.82) is 0 Å². The van der Waals surface area contributed by atoms with Gasteiger partial charge in [-0.1, -0.05) is 30.0 Å². The molecular formula is C10H10BrNS. The summed E-state index contributed by atoms with van der Waals surface area (Å²) in [6.45, 7) is 0. The molecule has 0 spiro atoms. The molecule has 0 saturated carbocycles. The van der Waals surface area contributed by atoms with E-state index in [0.29, 0.717) is 0 Å². The first kappa shape index (κ1) is 10.5. The highest BCUT2D eigenvalue weighted by molar-refractivity contribution is 8.02. The second-order valence-electron chi connectivity index (χ2n) is 2.63. The van der Waals surface area contributed by atoms with Crippen LogP contribution in [0.25, 0.3) is 0 Å². The maximum absolute atomic E-state index is 2.18. The number of benzene rings is 1. The van der Waals surface area contributed by atoms with Gasteiger partial charge in [-0.15, -0.1) is 0 Å². The van der Waals surface area contributed by atoms with Crippen molar-refractivity contribution < 1.29 is 21.6 Å². The summed E-state index contributed by atoms with van der Waals surface area (Å²) in [6, 6.07) is 10.4. The average molecular weight is 256 g/mol. The van der Waals surface area contributed by atoms with Crippen LogP contribution in [-0.4, -0.2) is 16.7 Å². The molecule has 13 heavy (non-hydrogen) atoms. The number of hydrogen-bond acceptors (Lipinski definition) is 1. The molecule has 1 aliphatic rings. The summed E-state index contributed by atoms with van der Waals surface area (Å²) in [5.74, 6) is 1.04. The van der Waals surface area contributed by atoms with Gasteiger partial charge in [0.25, 0.3) is 0 Å². The summed E-state index contributed by atoms with van der Waals surface area (Å²) in [7, 11) is 0. The Morgan fingerprint density at radius 2 is 2.00 bits per heavy atom. The number of hydrogen-bond donors (Lipinski definition) is 0.